The van der Waals surface area contributed by atoms with Crippen molar-refractivity contribution in [2.75, 3.05) is 13.1 Å². The summed E-state index contributed by atoms with van der Waals surface area (Å²) in [7, 11) is 0. The van der Waals surface area contributed by atoms with E-state index in [1.807, 2.05) is 30.3 Å². The Bertz CT molecular complexity index is 581. The molecule has 0 aliphatic carbocycles. The summed E-state index contributed by atoms with van der Waals surface area (Å²) >= 11 is 0. The summed E-state index contributed by atoms with van der Waals surface area (Å²) in [5, 5.41) is 12.3. The third-order valence-corrected chi connectivity index (χ3v) is 3.26. The SMILES string of the molecule is NC(=NCCCc1ccc(O)cc1)NCCc1ccccn1. The van der Waals surface area contributed by atoms with Crippen molar-refractivity contribution in [2.24, 2.45) is 10.7 Å². The number of aromatic hydroxyl groups is 1. The lowest BCUT2D eigenvalue weighted by atomic mass is 10.1. The van der Waals surface area contributed by atoms with Crippen molar-refractivity contribution in [3.05, 3.63) is 59.9 Å². The van der Waals surface area contributed by atoms with Gasteiger partial charge in [-0.2, -0.15) is 0 Å². The van der Waals surface area contributed by atoms with Gasteiger partial charge >= 0.3 is 0 Å². The number of benzene rings is 1. The number of aryl methyl sites for hydroxylation is 1. The second-order valence-corrected chi connectivity index (χ2v) is 5.03. The van der Waals surface area contributed by atoms with Crippen molar-refractivity contribution in [3.8, 4) is 5.75 Å². The number of guanidine groups is 1. The topological polar surface area (TPSA) is 83.5 Å². The molecule has 0 aliphatic rings. The number of phenols is 1. The average Bonchev–Trinajstić information content (AvgIpc) is 2.54. The van der Waals surface area contributed by atoms with Gasteiger partial charge in [0.15, 0.2) is 5.96 Å². The maximum absolute atomic E-state index is 9.21. The fourth-order valence-corrected chi connectivity index (χ4v) is 2.07. The van der Waals surface area contributed by atoms with Crippen molar-refractivity contribution >= 4 is 5.96 Å². The molecule has 0 bridgehead atoms. The largest absolute Gasteiger partial charge is 0.508 e. The second kappa shape index (κ2) is 8.67. The van der Waals surface area contributed by atoms with E-state index in [2.05, 4.69) is 15.3 Å². The molecule has 116 valence electrons. The first-order chi connectivity index (χ1) is 10.7. The van der Waals surface area contributed by atoms with E-state index >= 15 is 0 Å². The Morgan fingerprint density at radius 1 is 1.14 bits per heavy atom. The molecule has 0 aliphatic heterocycles. The number of nitrogens with one attached hydrogen (secondary N) is 1. The lowest BCUT2D eigenvalue weighted by Gasteiger charge is -2.05. The summed E-state index contributed by atoms with van der Waals surface area (Å²) in [4.78, 5) is 8.55. The van der Waals surface area contributed by atoms with Gasteiger partial charge in [-0.3, -0.25) is 9.98 Å². The number of phenolic OH excluding ortho intramolecular Hbond substituents is 1. The normalized spacial score (nSPS) is 11.4. The lowest BCUT2D eigenvalue weighted by molar-refractivity contribution is 0.475. The highest BCUT2D eigenvalue weighted by atomic mass is 16.3. The molecule has 22 heavy (non-hydrogen) atoms. The van der Waals surface area contributed by atoms with Gasteiger partial charge in [-0.15, -0.1) is 0 Å². The van der Waals surface area contributed by atoms with Gasteiger partial charge < -0.3 is 16.2 Å². The molecule has 0 unspecified atom stereocenters. The molecule has 2 aromatic rings. The van der Waals surface area contributed by atoms with Crippen molar-refractivity contribution < 1.29 is 5.11 Å². The highest BCUT2D eigenvalue weighted by Crippen LogP contribution is 2.10. The predicted octanol–water partition coefficient (Wildman–Crippen LogP) is 1.87. The van der Waals surface area contributed by atoms with Crippen molar-refractivity contribution in [3.63, 3.8) is 0 Å². The monoisotopic (exact) mass is 298 g/mol. The third-order valence-electron chi connectivity index (χ3n) is 3.26. The summed E-state index contributed by atoms with van der Waals surface area (Å²) in [5.41, 5.74) is 8.05. The summed E-state index contributed by atoms with van der Waals surface area (Å²) < 4.78 is 0. The Balaban J connectivity index is 1.62. The van der Waals surface area contributed by atoms with Crippen LogP contribution in [-0.2, 0) is 12.8 Å². The molecule has 5 heteroatoms. The van der Waals surface area contributed by atoms with Crippen molar-refractivity contribution in [1.82, 2.24) is 10.3 Å². The van der Waals surface area contributed by atoms with E-state index in [-0.39, 0.29) is 0 Å². The molecule has 0 fully saturated rings. The standard InChI is InChI=1S/C17H22N4O/c18-17(21-13-10-15-5-1-2-11-19-15)20-12-3-4-14-6-8-16(22)9-7-14/h1-2,5-9,11,22H,3-4,10,12-13H2,(H3,18,20,21). The second-order valence-electron chi connectivity index (χ2n) is 5.03. The number of nitrogens with zero attached hydrogens (tertiary/aromatic N) is 2. The minimum atomic E-state index is 0.295. The van der Waals surface area contributed by atoms with Gasteiger partial charge in [0.2, 0.25) is 0 Å². The van der Waals surface area contributed by atoms with Crippen LogP contribution in [-0.4, -0.2) is 29.1 Å². The highest BCUT2D eigenvalue weighted by molar-refractivity contribution is 5.77. The Labute approximate surface area is 130 Å². The van der Waals surface area contributed by atoms with Crippen LogP contribution in [0.25, 0.3) is 0 Å². The van der Waals surface area contributed by atoms with Gasteiger partial charge in [0.1, 0.15) is 5.75 Å². The first-order valence-electron chi connectivity index (χ1n) is 7.45. The average molecular weight is 298 g/mol. The number of hydrogen-bond acceptors (Lipinski definition) is 3. The summed E-state index contributed by atoms with van der Waals surface area (Å²) in [6, 6.07) is 13.1. The first kappa shape index (κ1) is 15.8. The molecular weight excluding hydrogens is 276 g/mol. The summed E-state index contributed by atoms with van der Waals surface area (Å²) in [5.74, 6) is 0.768. The molecule has 1 heterocycles. The zero-order chi connectivity index (χ0) is 15.6. The van der Waals surface area contributed by atoms with E-state index in [0.29, 0.717) is 18.3 Å². The molecule has 0 spiro atoms. The molecule has 0 radical (unpaired) electrons. The van der Waals surface area contributed by atoms with Crippen LogP contribution in [0.4, 0.5) is 0 Å². The maximum atomic E-state index is 9.21. The third kappa shape index (κ3) is 5.83. The van der Waals surface area contributed by atoms with Crippen LogP contribution in [0.15, 0.2) is 53.7 Å². The molecule has 0 atom stereocenters. The summed E-state index contributed by atoms with van der Waals surface area (Å²) in [6.45, 7) is 1.41. The number of rotatable bonds is 7. The highest BCUT2D eigenvalue weighted by Gasteiger charge is 1.96. The molecule has 2 rings (SSSR count). The van der Waals surface area contributed by atoms with Crippen molar-refractivity contribution in [1.29, 1.82) is 0 Å². The van der Waals surface area contributed by atoms with Crippen LogP contribution in [0.2, 0.25) is 0 Å². The molecule has 0 amide bonds. The molecule has 0 saturated heterocycles. The number of aliphatic imine (C=N–C) groups is 1. The van der Waals surface area contributed by atoms with Gasteiger partial charge in [0.25, 0.3) is 0 Å². The van der Waals surface area contributed by atoms with Crippen LogP contribution >= 0.6 is 0 Å². The Kier molecular flexibility index (Phi) is 6.23. The Morgan fingerprint density at radius 3 is 2.68 bits per heavy atom. The molecule has 1 aromatic carbocycles. The number of nitrogens with two attached hydrogens (primary N) is 1. The van der Waals surface area contributed by atoms with E-state index in [9.17, 15) is 5.11 Å². The number of hydrogen-bond donors (Lipinski definition) is 3. The zero-order valence-electron chi connectivity index (χ0n) is 12.6. The number of pyridine rings is 1. The van der Waals surface area contributed by atoms with Crippen LogP contribution in [0, 0.1) is 0 Å². The molecule has 5 nitrogen and oxygen atoms in total. The lowest BCUT2D eigenvalue weighted by Crippen LogP contribution is -2.33. The molecular formula is C17H22N4O. The molecule has 1 aromatic heterocycles. The van der Waals surface area contributed by atoms with E-state index in [1.54, 1.807) is 18.3 Å². The first-order valence-corrected chi connectivity index (χ1v) is 7.45. The predicted molar refractivity (Wildman–Crippen MR) is 88.9 cm³/mol. The maximum Gasteiger partial charge on any atom is 0.188 e. The van der Waals surface area contributed by atoms with E-state index in [0.717, 1.165) is 31.5 Å². The van der Waals surface area contributed by atoms with Crippen LogP contribution in [0.5, 0.6) is 5.75 Å². The smallest absolute Gasteiger partial charge is 0.188 e. The quantitative estimate of drug-likeness (QED) is 0.414. The molecule has 4 N–H and O–H groups in total. The van der Waals surface area contributed by atoms with Gasteiger partial charge in [-0.25, -0.2) is 0 Å². The van der Waals surface area contributed by atoms with Gasteiger partial charge in [-0.05, 0) is 42.7 Å². The Hall–Kier alpha value is -2.56. The van der Waals surface area contributed by atoms with Gasteiger partial charge in [0.05, 0.1) is 0 Å². The minimum absolute atomic E-state index is 0.295. The minimum Gasteiger partial charge on any atom is -0.508 e. The zero-order valence-corrected chi connectivity index (χ0v) is 12.6. The van der Waals surface area contributed by atoms with Crippen LogP contribution in [0.3, 0.4) is 0 Å². The molecule has 0 saturated carbocycles. The van der Waals surface area contributed by atoms with E-state index < -0.39 is 0 Å². The fraction of sp³-hybridized carbons (Fsp3) is 0.294. The van der Waals surface area contributed by atoms with Crippen molar-refractivity contribution in [2.45, 2.75) is 19.3 Å². The van der Waals surface area contributed by atoms with Gasteiger partial charge in [-0.1, -0.05) is 18.2 Å². The van der Waals surface area contributed by atoms with E-state index in [1.165, 1.54) is 5.56 Å². The number of aromatic nitrogens is 1. The summed E-state index contributed by atoms with van der Waals surface area (Å²) in [6.07, 6.45) is 4.46. The fourth-order valence-electron chi connectivity index (χ4n) is 2.07. The van der Waals surface area contributed by atoms with Crippen LogP contribution < -0.4 is 11.1 Å². The van der Waals surface area contributed by atoms with E-state index in [4.69, 9.17) is 5.73 Å². The Morgan fingerprint density at radius 2 is 1.95 bits per heavy atom. The van der Waals surface area contributed by atoms with Gasteiger partial charge in [0, 0.05) is 31.4 Å². The van der Waals surface area contributed by atoms with Crippen LogP contribution in [0.1, 0.15) is 17.7 Å².